The van der Waals surface area contributed by atoms with Crippen LogP contribution in [0.25, 0.3) is 0 Å². The lowest BCUT2D eigenvalue weighted by molar-refractivity contribution is -0.140. The van der Waals surface area contributed by atoms with Crippen LogP contribution in [0.4, 0.5) is 0 Å². The Bertz CT molecular complexity index is 159. The molecule has 0 aliphatic heterocycles. The Balaban J connectivity index is 2.17. The van der Waals surface area contributed by atoms with Gasteiger partial charge in [-0.25, -0.2) is 4.79 Å². The van der Waals surface area contributed by atoms with E-state index in [1.165, 1.54) is 32.6 Å². The molecule has 0 aromatic heterocycles. The van der Waals surface area contributed by atoms with E-state index in [4.69, 9.17) is 0 Å². The predicted octanol–water partition coefficient (Wildman–Crippen LogP) is 1.73. The highest BCUT2D eigenvalue weighted by Crippen LogP contribution is 2.22. The van der Waals surface area contributed by atoms with Crippen LogP contribution < -0.4 is 0 Å². The van der Waals surface area contributed by atoms with Crippen LogP contribution in [0.1, 0.15) is 32.6 Å². The van der Waals surface area contributed by atoms with Gasteiger partial charge in [0.05, 0.1) is 0 Å². The van der Waals surface area contributed by atoms with Gasteiger partial charge in [0, 0.05) is 13.1 Å². The van der Waals surface area contributed by atoms with Crippen molar-refractivity contribution >= 4 is 12.2 Å². The van der Waals surface area contributed by atoms with Gasteiger partial charge >= 0.3 is 5.97 Å². The third-order valence-electron chi connectivity index (χ3n) is 1.85. The van der Waals surface area contributed by atoms with Crippen LogP contribution in [-0.2, 0) is 9.63 Å². The van der Waals surface area contributed by atoms with E-state index in [0.717, 1.165) is 0 Å². The standard InChI is InChI=1S/C8H13NO2/c1-7(10)11-9-6-8-4-2-3-5-8/h6,8H,2-5H2,1H3/b9-6+. The molecule has 0 bridgehead atoms. The maximum Gasteiger partial charge on any atom is 0.331 e. The second-order valence-corrected chi connectivity index (χ2v) is 2.88. The Hall–Kier alpha value is -0.860. The van der Waals surface area contributed by atoms with Gasteiger partial charge in [-0.15, -0.1) is 0 Å². The first kappa shape index (κ1) is 8.24. The zero-order chi connectivity index (χ0) is 8.10. The van der Waals surface area contributed by atoms with E-state index >= 15 is 0 Å². The summed E-state index contributed by atoms with van der Waals surface area (Å²) in [6.07, 6.45) is 6.66. The monoisotopic (exact) mass is 155 g/mol. The third kappa shape index (κ3) is 3.16. The highest BCUT2D eigenvalue weighted by Gasteiger charge is 2.12. The summed E-state index contributed by atoms with van der Waals surface area (Å²) in [5.74, 6) is 0.189. The summed E-state index contributed by atoms with van der Waals surface area (Å²) in [6.45, 7) is 1.35. The second kappa shape index (κ2) is 4.11. The molecule has 62 valence electrons. The number of rotatable bonds is 2. The van der Waals surface area contributed by atoms with Crippen LogP contribution in [-0.4, -0.2) is 12.2 Å². The molecule has 0 radical (unpaired) electrons. The van der Waals surface area contributed by atoms with E-state index in [9.17, 15) is 4.79 Å². The van der Waals surface area contributed by atoms with Crippen LogP contribution in [0.3, 0.4) is 0 Å². The Morgan fingerprint density at radius 3 is 2.73 bits per heavy atom. The van der Waals surface area contributed by atoms with Gasteiger partial charge in [-0.2, -0.15) is 0 Å². The van der Waals surface area contributed by atoms with E-state index in [0.29, 0.717) is 5.92 Å². The number of hydrogen-bond acceptors (Lipinski definition) is 3. The molecule has 3 nitrogen and oxygen atoms in total. The smallest absolute Gasteiger partial charge is 0.319 e. The van der Waals surface area contributed by atoms with Gasteiger partial charge in [0.25, 0.3) is 0 Å². The van der Waals surface area contributed by atoms with E-state index in [1.54, 1.807) is 6.21 Å². The number of carbonyl (C=O) groups excluding carboxylic acids is 1. The molecule has 0 heterocycles. The van der Waals surface area contributed by atoms with Crippen LogP contribution >= 0.6 is 0 Å². The van der Waals surface area contributed by atoms with Gasteiger partial charge in [0.2, 0.25) is 0 Å². The Morgan fingerprint density at radius 2 is 2.18 bits per heavy atom. The first-order valence-corrected chi connectivity index (χ1v) is 4.00. The van der Waals surface area contributed by atoms with Crippen LogP contribution in [0.2, 0.25) is 0 Å². The van der Waals surface area contributed by atoms with Gasteiger partial charge in [-0.05, 0) is 18.8 Å². The van der Waals surface area contributed by atoms with Gasteiger partial charge < -0.3 is 4.84 Å². The van der Waals surface area contributed by atoms with Crippen molar-refractivity contribution in [3.63, 3.8) is 0 Å². The highest BCUT2D eigenvalue weighted by atomic mass is 16.7. The van der Waals surface area contributed by atoms with Gasteiger partial charge in [-0.1, -0.05) is 18.0 Å². The Labute approximate surface area is 66.4 Å². The molecule has 1 saturated carbocycles. The minimum atomic E-state index is -0.348. The minimum absolute atomic E-state index is 0.348. The molecule has 11 heavy (non-hydrogen) atoms. The van der Waals surface area contributed by atoms with Crippen molar-refractivity contribution in [1.29, 1.82) is 0 Å². The zero-order valence-corrected chi connectivity index (χ0v) is 6.75. The van der Waals surface area contributed by atoms with Crippen molar-refractivity contribution in [1.82, 2.24) is 0 Å². The summed E-state index contributed by atoms with van der Waals surface area (Å²) in [6, 6.07) is 0. The van der Waals surface area contributed by atoms with Crippen molar-refractivity contribution in [2.24, 2.45) is 11.1 Å². The number of nitrogens with zero attached hydrogens (tertiary/aromatic N) is 1. The molecule has 0 atom stereocenters. The first-order valence-electron chi connectivity index (χ1n) is 4.00. The number of hydrogen-bond donors (Lipinski definition) is 0. The largest absolute Gasteiger partial charge is 0.331 e. The topological polar surface area (TPSA) is 38.7 Å². The molecule has 0 unspecified atom stereocenters. The van der Waals surface area contributed by atoms with Crippen molar-refractivity contribution < 1.29 is 9.63 Å². The third-order valence-corrected chi connectivity index (χ3v) is 1.85. The van der Waals surface area contributed by atoms with Crippen molar-refractivity contribution in [3.05, 3.63) is 0 Å². The Kier molecular flexibility index (Phi) is 3.08. The number of oxime groups is 1. The molecule has 0 aromatic rings. The highest BCUT2D eigenvalue weighted by molar-refractivity contribution is 5.67. The molecule has 1 fully saturated rings. The summed E-state index contributed by atoms with van der Waals surface area (Å²) in [5.41, 5.74) is 0. The average Bonchev–Trinajstić information content (AvgIpc) is 2.39. The fourth-order valence-corrected chi connectivity index (χ4v) is 1.30. The van der Waals surface area contributed by atoms with Crippen molar-refractivity contribution in [2.75, 3.05) is 0 Å². The lowest BCUT2D eigenvalue weighted by Gasteiger charge is -1.97. The van der Waals surface area contributed by atoms with Crippen LogP contribution in [0.15, 0.2) is 5.16 Å². The molecule has 0 saturated heterocycles. The van der Waals surface area contributed by atoms with Crippen LogP contribution in [0, 0.1) is 5.92 Å². The van der Waals surface area contributed by atoms with Gasteiger partial charge in [-0.3, -0.25) is 0 Å². The summed E-state index contributed by atoms with van der Waals surface area (Å²) >= 11 is 0. The molecule has 0 amide bonds. The molecular formula is C8H13NO2. The molecular weight excluding hydrogens is 142 g/mol. The SMILES string of the molecule is CC(=O)O/N=C/C1CCCC1. The molecule has 1 aliphatic carbocycles. The van der Waals surface area contributed by atoms with E-state index in [-0.39, 0.29) is 5.97 Å². The number of carbonyl (C=O) groups is 1. The normalized spacial score (nSPS) is 19.4. The van der Waals surface area contributed by atoms with Crippen molar-refractivity contribution in [2.45, 2.75) is 32.6 Å². The summed E-state index contributed by atoms with van der Waals surface area (Å²) in [4.78, 5) is 14.7. The molecule has 1 rings (SSSR count). The molecule has 0 N–H and O–H groups in total. The lowest BCUT2D eigenvalue weighted by Crippen LogP contribution is -1.97. The Morgan fingerprint density at radius 1 is 1.55 bits per heavy atom. The summed E-state index contributed by atoms with van der Waals surface area (Å²) in [5, 5.41) is 3.58. The predicted molar refractivity (Wildman–Crippen MR) is 42.2 cm³/mol. The zero-order valence-electron chi connectivity index (χ0n) is 6.75. The van der Waals surface area contributed by atoms with Gasteiger partial charge in [0.15, 0.2) is 0 Å². The minimum Gasteiger partial charge on any atom is -0.319 e. The maximum atomic E-state index is 10.3. The molecule has 0 aromatic carbocycles. The average molecular weight is 155 g/mol. The lowest BCUT2D eigenvalue weighted by atomic mass is 10.1. The van der Waals surface area contributed by atoms with Gasteiger partial charge in [0.1, 0.15) is 0 Å². The van der Waals surface area contributed by atoms with E-state index in [2.05, 4.69) is 9.99 Å². The molecule has 3 heteroatoms. The summed E-state index contributed by atoms with van der Waals surface area (Å²) < 4.78 is 0. The fraction of sp³-hybridized carbons (Fsp3) is 0.750. The second-order valence-electron chi connectivity index (χ2n) is 2.88. The van der Waals surface area contributed by atoms with E-state index in [1.807, 2.05) is 0 Å². The molecule has 1 aliphatic rings. The fourth-order valence-electron chi connectivity index (χ4n) is 1.30. The molecule has 0 spiro atoms. The maximum absolute atomic E-state index is 10.3. The first-order chi connectivity index (χ1) is 5.29. The quantitative estimate of drug-likeness (QED) is 0.346. The van der Waals surface area contributed by atoms with E-state index < -0.39 is 0 Å². The summed E-state index contributed by atoms with van der Waals surface area (Å²) in [7, 11) is 0. The van der Waals surface area contributed by atoms with Crippen molar-refractivity contribution in [3.8, 4) is 0 Å². The van der Waals surface area contributed by atoms with Crippen LogP contribution in [0.5, 0.6) is 0 Å².